The molecule has 1 fully saturated rings. The second-order valence-corrected chi connectivity index (χ2v) is 13.3. The fraction of sp³-hybridized carbons (Fsp3) is 0.310. The van der Waals surface area contributed by atoms with Crippen LogP contribution < -0.4 is 14.2 Å². The third-order valence-electron chi connectivity index (χ3n) is 10.4. The van der Waals surface area contributed by atoms with Crippen LogP contribution in [0.3, 0.4) is 0 Å². The molecule has 1 N–H and O–H groups in total. The van der Waals surface area contributed by atoms with Crippen LogP contribution in [-0.4, -0.2) is 86.4 Å². The monoisotopic (exact) mass is 717 g/mol. The number of nitrogens with zero attached hydrogens (tertiary/aromatic N) is 2. The maximum atomic E-state index is 14.9. The van der Waals surface area contributed by atoms with Gasteiger partial charge in [-0.3, -0.25) is 9.69 Å². The SMILES string of the molecule is COC(=O)[C@H](Cc1c[nH]c2ccccc12)N(Cc1cc(OC)c(OC)c(OC)c1)C(=O)[C@@H]1CCCN1C(=O)OCC1c2ccccc2-c2ccccc21. The van der Waals surface area contributed by atoms with Gasteiger partial charge in [-0.1, -0.05) is 66.7 Å². The van der Waals surface area contributed by atoms with E-state index in [0.717, 1.165) is 38.7 Å². The lowest BCUT2D eigenvalue weighted by Crippen LogP contribution is -2.54. The highest BCUT2D eigenvalue weighted by molar-refractivity contribution is 5.91. The number of H-pyrrole nitrogens is 1. The molecule has 5 aromatic rings. The number of ether oxygens (including phenoxy) is 5. The lowest BCUT2D eigenvalue weighted by Gasteiger charge is -2.34. The highest BCUT2D eigenvalue weighted by Gasteiger charge is 2.42. The van der Waals surface area contributed by atoms with Crippen molar-refractivity contribution in [1.29, 1.82) is 0 Å². The minimum absolute atomic E-state index is 0.00724. The lowest BCUT2D eigenvalue weighted by molar-refractivity contribution is -0.155. The van der Waals surface area contributed by atoms with Gasteiger partial charge in [0.25, 0.3) is 0 Å². The number of methoxy groups -OCH3 is 4. The summed E-state index contributed by atoms with van der Waals surface area (Å²) in [5.41, 5.74) is 6.85. The summed E-state index contributed by atoms with van der Waals surface area (Å²) < 4.78 is 28.1. The number of hydrogen-bond acceptors (Lipinski definition) is 8. The molecule has 1 aromatic heterocycles. The molecule has 4 aromatic carbocycles. The first kappa shape index (κ1) is 35.4. The molecule has 0 unspecified atom stereocenters. The van der Waals surface area contributed by atoms with Gasteiger partial charge in [0.2, 0.25) is 11.7 Å². The highest BCUT2D eigenvalue weighted by atomic mass is 16.6. The number of nitrogens with one attached hydrogen (secondary N) is 1. The molecule has 0 spiro atoms. The number of aromatic amines is 1. The van der Waals surface area contributed by atoms with E-state index in [0.29, 0.717) is 42.2 Å². The van der Waals surface area contributed by atoms with Gasteiger partial charge in [0.15, 0.2) is 11.5 Å². The number of hydrogen-bond donors (Lipinski definition) is 1. The molecular formula is C42H43N3O8. The number of esters is 1. The van der Waals surface area contributed by atoms with Gasteiger partial charge in [-0.2, -0.15) is 0 Å². The molecule has 274 valence electrons. The Hall–Kier alpha value is -5.97. The molecule has 11 nitrogen and oxygen atoms in total. The predicted octanol–water partition coefficient (Wildman–Crippen LogP) is 6.72. The zero-order valence-electron chi connectivity index (χ0n) is 30.3. The van der Waals surface area contributed by atoms with Crippen molar-refractivity contribution in [3.8, 4) is 28.4 Å². The van der Waals surface area contributed by atoms with Gasteiger partial charge in [-0.15, -0.1) is 0 Å². The average Bonchev–Trinajstić information content (AvgIpc) is 3.94. The second-order valence-electron chi connectivity index (χ2n) is 13.3. The van der Waals surface area contributed by atoms with Crippen LogP contribution in [0.15, 0.2) is 91.1 Å². The zero-order chi connectivity index (χ0) is 37.1. The minimum Gasteiger partial charge on any atom is -0.493 e. The van der Waals surface area contributed by atoms with Crippen molar-refractivity contribution >= 4 is 28.9 Å². The van der Waals surface area contributed by atoms with E-state index >= 15 is 0 Å². The van der Waals surface area contributed by atoms with Gasteiger partial charge in [0.05, 0.1) is 28.4 Å². The topological polar surface area (TPSA) is 120 Å². The fourth-order valence-corrected chi connectivity index (χ4v) is 7.84. The van der Waals surface area contributed by atoms with E-state index in [1.54, 1.807) is 12.1 Å². The van der Waals surface area contributed by atoms with Gasteiger partial charge in [-0.25, -0.2) is 9.59 Å². The Morgan fingerprint density at radius 3 is 2.13 bits per heavy atom. The largest absolute Gasteiger partial charge is 0.493 e. The molecule has 1 aliphatic heterocycles. The predicted molar refractivity (Wildman–Crippen MR) is 199 cm³/mol. The summed E-state index contributed by atoms with van der Waals surface area (Å²) in [6, 6.07) is 25.7. The van der Waals surface area contributed by atoms with Crippen molar-refractivity contribution in [2.24, 2.45) is 0 Å². The summed E-state index contributed by atoms with van der Waals surface area (Å²) in [5.74, 6) is 0.113. The summed E-state index contributed by atoms with van der Waals surface area (Å²) >= 11 is 0. The molecule has 0 radical (unpaired) electrons. The smallest absolute Gasteiger partial charge is 0.410 e. The van der Waals surface area contributed by atoms with Gasteiger partial charge >= 0.3 is 12.1 Å². The fourth-order valence-electron chi connectivity index (χ4n) is 7.84. The number of aromatic nitrogens is 1. The highest BCUT2D eigenvalue weighted by Crippen LogP contribution is 2.45. The normalized spacial score (nSPS) is 15.4. The van der Waals surface area contributed by atoms with E-state index in [-0.39, 0.29) is 31.4 Å². The Bertz CT molecular complexity index is 2070. The van der Waals surface area contributed by atoms with Gasteiger partial charge in [0, 0.05) is 42.5 Å². The first-order valence-electron chi connectivity index (χ1n) is 17.7. The number of likely N-dealkylation sites (tertiary alicyclic amines) is 1. The van der Waals surface area contributed by atoms with E-state index < -0.39 is 24.1 Å². The van der Waals surface area contributed by atoms with E-state index in [2.05, 4.69) is 29.2 Å². The average molecular weight is 718 g/mol. The van der Waals surface area contributed by atoms with Crippen molar-refractivity contribution in [2.45, 2.75) is 43.8 Å². The molecule has 1 aliphatic carbocycles. The van der Waals surface area contributed by atoms with Crippen molar-refractivity contribution in [3.05, 3.63) is 113 Å². The molecule has 2 atom stereocenters. The number of amides is 2. The van der Waals surface area contributed by atoms with Crippen molar-refractivity contribution < 1.29 is 38.1 Å². The number of carbonyl (C=O) groups is 3. The second kappa shape index (κ2) is 15.3. The zero-order valence-corrected chi connectivity index (χ0v) is 30.3. The minimum atomic E-state index is -1.03. The summed E-state index contributed by atoms with van der Waals surface area (Å²) in [4.78, 5) is 48.8. The van der Waals surface area contributed by atoms with Crippen LogP contribution in [0.25, 0.3) is 22.0 Å². The molecule has 0 saturated carbocycles. The molecule has 0 bridgehead atoms. The Kier molecular flexibility index (Phi) is 10.2. The molecule has 53 heavy (non-hydrogen) atoms. The van der Waals surface area contributed by atoms with E-state index in [1.807, 2.05) is 54.7 Å². The molecule has 2 aliphatic rings. The van der Waals surface area contributed by atoms with Crippen molar-refractivity contribution in [3.63, 3.8) is 0 Å². The quantitative estimate of drug-likeness (QED) is 0.141. The first-order valence-corrected chi connectivity index (χ1v) is 17.7. The summed E-state index contributed by atoms with van der Waals surface area (Å²) in [7, 11) is 5.86. The van der Waals surface area contributed by atoms with Gasteiger partial charge in [0.1, 0.15) is 18.7 Å². The number of benzene rings is 4. The van der Waals surface area contributed by atoms with E-state index in [9.17, 15) is 14.4 Å². The van der Waals surface area contributed by atoms with Crippen LogP contribution in [0.2, 0.25) is 0 Å². The number of rotatable bonds is 12. The summed E-state index contributed by atoms with van der Waals surface area (Å²) in [6.45, 7) is 0.466. The molecular weight excluding hydrogens is 674 g/mol. The van der Waals surface area contributed by atoms with Gasteiger partial charge in [-0.05, 0) is 64.4 Å². The van der Waals surface area contributed by atoms with Crippen LogP contribution in [0.4, 0.5) is 4.79 Å². The van der Waals surface area contributed by atoms with E-state index in [1.165, 1.54) is 38.2 Å². The van der Waals surface area contributed by atoms with Crippen LogP contribution in [0.5, 0.6) is 17.2 Å². The summed E-state index contributed by atoms with van der Waals surface area (Å²) in [5, 5.41) is 0.933. The van der Waals surface area contributed by atoms with Crippen LogP contribution in [0, 0.1) is 0 Å². The standard InChI is InChI=1S/C42H43N3O8/c1-49-37-20-26(21-38(50-2)39(37)51-3)24-45(36(41(47)52-4)22-27-23-43-34-17-10-9-12-28(27)34)40(46)35-18-11-19-44(35)42(48)53-25-33-31-15-7-5-13-29(31)30-14-6-8-16-32(30)33/h5-10,12-17,20-21,23,33,35-36,43H,11,18-19,22,24-25H2,1-4H3/t35-,36-/m0/s1. The van der Waals surface area contributed by atoms with Crippen LogP contribution >= 0.6 is 0 Å². The molecule has 2 amide bonds. The van der Waals surface area contributed by atoms with Gasteiger partial charge < -0.3 is 33.6 Å². The maximum Gasteiger partial charge on any atom is 0.410 e. The molecule has 2 heterocycles. The third kappa shape index (κ3) is 6.74. The lowest BCUT2D eigenvalue weighted by atomic mass is 9.98. The number of fused-ring (bicyclic) bond motifs is 4. The Morgan fingerprint density at radius 1 is 0.849 bits per heavy atom. The third-order valence-corrected chi connectivity index (χ3v) is 10.4. The summed E-state index contributed by atoms with van der Waals surface area (Å²) in [6.07, 6.45) is 2.47. The molecule has 11 heteroatoms. The molecule has 7 rings (SSSR count). The van der Waals surface area contributed by atoms with Crippen molar-refractivity contribution in [2.75, 3.05) is 41.6 Å². The Balaban J connectivity index is 1.20. The first-order chi connectivity index (χ1) is 25.9. The van der Waals surface area contributed by atoms with Crippen molar-refractivity contribution in [1.82, 2.24) is 14.8 Å². The Morgan fingerprint density at radius 2 is 1.49 bits per heavy atom. The number of para-hydroxylation sites is 1. The van der Waals surface area contributed by atoms with E-state index in [4.69, 9.17) is 23.7 Å². The van der Waals surface area contributed by atoms with Crippen LogP contribution in [-0.2, 0) is 32.0 Å². The Labute approximate surface area is 308 Å². The number of carbonyl (C=O) groups excluding carboxylic acids is 3. The molecule has 1 saturated heterocycles. The maximum absolute atomic E-state index is 14.9. The van der Waals surface area contributed by atoms with Crippen LogP contribution in [0.1, 0.15) is 41.0 Å².